The number of unbranched alkanes of at least 4 members (excludes halogenated alkanes) is 1. The van der Waals surface area contributed by atoms with Gasteiger partial charge < -0.3 is 4.74 Å². The van der Waals surface area contributed by atoms with Gasteiger partial charge in [-0.3, -0.25) is 4.79 Å². The van der Waals surface area contributed by atoms with E-state index in [0.717, 1.165) is 25.7 Å². The predicted molar refractivity (Wildman–Crippen MR) is 54.5 cm³/mol. The van der Waals surface area contributed by atoms with Crippen molar-refractivity contribution in [2.75, 3.05) is 0 Å². The van der Waals surface area contributed by atoms with E-state index >= 15 is 0 Å². The van der Waals surface area contributed by atoms with Crippen LogP contribution < -0.4 is 0 Å². The lowest BCUT2D eigenvalue weighted by molar-refractivity contribution is -0.149. The number of hydrogen-bond acceptors (Lipinski definition) is 2. The van der Waals surface area contributed by atoms with E-state index < -0.39 is 0 Å². The van der Waals surface area contributed by atoms with E-state index in [-0.39, 0.29) is 12.1 Å². The molecule has 0 aromatic heterocycles. The molecule has 0 heterocycles. The van der Waals surface area contributed by atoms with Gasteiger partial charge in [0.25, 0.3) is 0 Å². The maximum Gasteiger partial charge on any atom is 0.302 e. The summed E-state index contributed by atoms with van der Waals surface area (Å²) in [6, 6.07) is 0. The number of carbonyl (C=O) groups excluding carboxylic acids is 1. The molecule has 0 aliphatic heterocycles. The normalized spacial score (nSPS) is 15.1. The molecule has 0 saturated carbocycles. The summed E-state index contributed by atoms with van der Waals surface area (Å²) in [6.07, 6.45) is 4.51. The fourth-order valence-corrected chi connectivity index (χ4v) is 1.34. The highest BCUT2D eigenvalue weighted by molar-refractivity contribution is 5.66. The van der Waals surface area contributed by atoms with Crippen LogP contribution in [0.15, 0.2) is 0 Å². The van der Waals surface area contributed by atoms with Crippen LogP contribution in [0.3, 0.4) is 0 Å². The molecule has 0 aromatic carbocycles. The lowest BCUT2D eigenvalue weighted by Gasteiger charge is -2.22. The summed E-state index contributed by atoms with van der Waals surface area (Å²) in [7, 11) is 0. The summed E-state index contributed by atoms with van der Waals surface area (Å²) in [6.45, 7) is 7.92. The van der Waals surface area contributed by atoms with Crippen molar-refractivity contribution in [2.45, 2.75) is 59.5 Å². The van der Waals surface area contributed by atoms with Crippen molar-refractivity contribution in [3.8, 4) is 0 Å². The van der Waals surface area contributed by atoms with Gasteiger partial charge in [-0.25, -0.2) is 0 Å². The van der Waals surface area contributed by atoms with E-state index in [0.29, 0.717) is 5.92 Å². The lowest BCUT2D eigenvalue weighted by Crippen LogP contribution is -2.23. The van der Waals surface area contributed by atoms with E-state index in [1.54, 1.807) is 0 Å². The molecule has 0 aliphatic carbocycles. The van der Waals surface area contributed by atoms with Crippen molar-refractivity contribution >= 4 is 5.97 Å². The van der Waals surface area contributed by atoms with Crippen molar-refractivity contribution in [3.05, 3.63) is 0 Å². The van der Waals surface area contributed by atoms with Gasteiger partial charge in [-0.15, -0.1) is 0 Å². The molecule has 0 amide bonds. The van der Waals surface area contributed by atoms with Crippen molar-refractivity contribution in [1.29, 1.82) is 0 Å². The van der Waals surface area contributed by atoms with E-state index in [1.165, 1.54) is 6.92 Å². The highest BCUT2D eigenvalue weighted by atomic mass is 16.5. The van der Waals surface area contributed by atoms with Crippen LogP contribution in [0.5, 0.6) is 0 Å². The van der Waals surface area contributed by atoms with Crippen LogP contribution in [0.4, 0.5) is 0 Å². The molecule has 0 bridgehead atoms. The molecular formula is C11H22O2. The van der Waals surface area contributed by atoms with Gasteiger partial charge in [-0.2, -0.15) is 0 Å². The van der Waals surface area contributed by atoms with Gasteiger partial charge >= 0.3 is 5.97 Å². The predicted octanol–water partition coefficient (Wildman–Crippen LogP) is 3.15. The minimum Gasteiger partial charge on any atom is -0.462 e. The zero-order valence-corrected chi connectivity index (χ0v) is 9.30. The molecular weight excluding hydrogens is 164 g/mol. The van der Waals surface area contributed by atoms with E-state index in [4.69, 9.17) is 4.74 Å². The Labute approximate surface area is 81.7 Å². The Balaban J connectivity index is 3.94. The van der Waals surface area contributed by atoms with Gasteiger partial charge in [0.15, 0.2) is 0 Å². The Bertz CT molecular complexity index is 143. The highest BCUT2D eigenvalue weighted by Crippen LogP contribution is 2.17. The van der Waals surface area contributed by atoms with Gasteiger partial charge in [0, 0.05) is 6.92 Å². The van der Waals surface area contributed by atoms with Gasteiger partial charge in [0.05, 0.1) is 0 Å². The van der Waals surface area contributed by atoms with Gasteiger partial charge in [0.1, 0.15) is 6.10 Å². The maximum absolute atomic E-state index is 10.8. The van der Waals surface area contributed by atoms with Crippen molar-refractivity contribution in [2.24, 2.45) is 5.92 Å². The summed E-state index contributed by atoms with van der Waals surface area (Å²) >= 11 is 0. The second-order valence-corrected chi connectivity index (χ2v) is 3.68. The second kappa shape index (κ2) is 6.93. The first-order valence-electron chi connectivity index (χ1n) is 5.29. The fourth-order valence-electron chi connectivity index (χ4n) is 1.34. The molecule has 2 heteroatoms. The maximum atomic E-state index is 10.8. The largest absolute Gasteiger partial charge is 0.462 e. The molecule has 2 unspecified atom stereocenters. The van der Waals surface area contributed by atoms with E-state index in [1.807, 2.05) is 0 Å². The molecule has 0 spiro atoms. The monoisotopic (exact) mass is 186 g/mol. The Hall–Kier alpha value is -0.530. The smallest absolute Gasteiger partial charge is 0.302 e. The molecule has 13 heavy (non-hydrogen) atoms. The number of rotatable bonds is 6. The standard InChI is InChI=1S/C11H22O2/c1-5-7-8-11(9(3)6-2)13-10(4)12/h9,11H,5-8H2,1-4H3. The average molecular weight is 186 g/mol. The molecule has 0 radical (unpaired) electrons. The van der Waals surface area contributed by atoms with Crippen LogP contribution in [0.2, 0.25) is 0 Å². The SMILES string of the molecule is CCCCC(OC(C)=O)C(C)CC. The molecule has 0 N–H and O–H groups in total. The van der Waals surface area contributed by atoms with Crippen LogP contribution in [0, 0.1) is 5.92 Å². The highest BCUT2D eigenvalue weighted by Gasteiger charge is 2.17. The first kappa shape index (κ1) is 12.5. The van der Waals surface area contributed by atoms with Gasteiger partial charge in [-0.05, 0) is 12.3 Å². The molecule has 0 aromatic rings. The zero-order valence-electron chi connectivity index (χ0n) is 9.30. The molecule has 0 saturated heterocycles. The van der Waals surface area contributed by atoms with Crippen LogP contribution in [-0.2, 0) is 9.53 Å². The van der Waals surface area contributed by atoms with Crippen molar-refractivity contribution < 1.29 is 9.53 Å². The van der Waals surface area contributed by atoms with Crippen LogP contribution in [-0.4, -0.2) is 12.1 Å². The van der Waals surface area contributed by atoms with E-state index in [9.17, 15) is 4.79 Å². The first-order chi connectivity index (χ1) is 6.11. The Morgan fingerprint density at radius 2 is 2.00 bits per heavy atom. The van der Waals surface area contributed by atoms with E-state index in [2.05, 4.69) is 20.8 Å². The van der Waals surface area contributed by atoms with Gasteiger partial charge in [0.2, 0.25) is 0 Å². The molecule has 0 aliphatic rings. The number of esters is 1. The second-order valence-electron chi connectivity index (χ2n) is 3.68. The zero-order chi connectivity index (χ0) is 10.3. The molecule has 0 fully saturated rings. The number of ether oxygens (including phenoxy) is 1. The Morgan fingerprint density at radius 3 is 2.38 bits per heavy atom. The molecule has 78 valence electrons. The number of carbonyl (C=O) groups is 1. The minimum absolute atomic E-state index is 0.127. The summed E-state index contributed by atoms with van der Waals surface area (Å²) in [5.41, 5.74) is 0. The fraction of sp³-hybridized carbons (Fsp3) is 0.909. The average Bonchev–Trinajstić information content (AvgIpc) is 2.10. The summed E-state index contributed by atoms with van der Waals surface area (Å²) < 4.78 is 5.27. The lowest BCUT2D eigenvalue weighted by atomic mass is 9.97. The van der Waals surface area contributed by atoms with Crippen LogP contribution >= 0.6 is 0 Å². The van der Waals surface area contributed by atoms with Crippen molar-refractivity contribution in [1.82, 2.24) is 0 Å². The van der Waals surface area contributed by atoms with Crippen LogP contribution in [0.1, 0.15) is 53.4 Å². The Morgan fingerprint density at radius 1 is 1.38 bits per heavy atom. The molecule has 2 atom stereocenters. The molecule has 2 nitrogen and oxygen atoms in total. The third-order valence-electron chi connectivity index (χ3n) is 2.44. The number of hydrogen-bond donors (Lipinski definition) is 0. The first-order valence-corrected chi connectivity index (χ1v) is 5.29. The third kappa shape index (κ3) is 5.67. The van der Waals surface area contributed by atoms with Gasteiger partial charge in [-0.1, -0.05) is 40.0 Å². The summed E-state index contributed by atoms with van der Waals surface area (Å²) in [5.74, 6) is 0.330. The topological polar surface area (TPSA) is 26.3 Å². The molecule has 0 rings (SSSR count). The quantitative estimate of drug-likeness (QED) is 0.596. The Kier molecular flexibility index (Phi) is 6.65. The third-order valence-corrected chi connectivity index (χ3v) is 2.44. The summed E-state index contributed by atoms with van der Waals surface area (Å²) in [4.78, 5) is 10.8. The van der Waals surface area contributed by atoms with Crippen LogP contribution in [0.25, 0.3) is 0 Å². The summed E-state index contributed by atoms with van der Waals surface area (Å²) in [5, 5.41) is 0. The minimum atomic E-state index is -0.151. The van der Waals surface area contributed by atoms with Crippen molar-refractivity contribution in [3.63, 3.8) is 0 Å².